The number of fused-ring (bicyclic) bond motifs is 3. The van der Waals surface area contributed by atoms with Gasteiger partial charge in [0.25, 0.3) is 0 Å². The predicted molar refractivity (Wildman–Crippen MR) is 96.7 cm³/mol. The summed E-state index contributed by atoms with van der Waals surface area (Å²) in [5, 5.41) is 11.4. The summed E-state index contributed by atoms with van der Waals surface area (Å²) in [4.78, 5) is 22.9. The summed E-state index contributed by atoms with van der Waals surface area (Å²) in [7, 11) is 0. The normalized spacial score (nSPS) is 13.2. The number of rotatable bonds is 5. The number of carbonyl (C=O) groups excluding carboxylic acids is 1. The maximum atomic E-state index is 11.9. The van der Waals surface area contributed by atoms with Gasteiger partial charge < -0.3 is 15.2 Å². The number of carbonyl (C=O) groups is 2. The molecular formula is C20H23NO4. The van der Waals surface area contributed by atoms with Gasteiger partial charge in [-0.25, -0.2) is 9.59 Å². The van der Waals surface area contributed by atoms with Gasteiger partial charge in [0.05, 0.1) is 0 Å². The molecule has 0 saturated heterocycles. The summed E-state index contributed by atoms with van der Waals surface area (Å²) in [6.45, 7) is 1.87. The topological polar surface area (TPSA) is 75.6 Å². The molecule has 5 heteroatoms. The molecule has 0 unspecified atom stereocenters. The number of alkyl carbamates (subject to hydrolysis) is 1. The number of aliphatic carboxylic acids is 1. The van der Waals surface area contributed by atoms with Gasteiger partial charge in [-0.05, 0) is 28.7 Å². The van der Waals surface area contributed by atoms with Gasteiger partial charge in [-0.15, -0.1) is 0 Å². The fraction of sp³-hybridized carbons (Fsp3) is 0.300. The van der Waals surface area contributed by atoms with Gasteiger partial charge in [0.2, 0.25) is 0 Å². The van der Waals surface area contributed by atoms with E-state index in [4.69, 9.17) is 9.84 Å². The monoisotopic (exact) mass is 341 g/mol. The summed E-state index contributed by atoms with van der Waals surface area (Å²) in [6.07, 6.45) is -0.398. The molecule has 2 N–H and O–H groups in total. The first-order valence-electron chi connectivity index (χ1n) is 7.96. The highest BCUT2D eigenvalue weighted by Gasteiger charge is 2.29. The fourth-order valence-corrected chi connectivity index (χ4v) is 3.12. The average Bonchev–Trinajstić information content (AvgIpc) is 2.91. The number of benzene rings is 2. The Hall–Kier alpha value is -2.82. The third-order valence-corrected chi connectivity index (χ3v) is 4.34. The molecule has 0 aliphatic heterocycles. The number of carboxylic acid groups (broad SMARTS) is 1. The molecule has 2 aromatic carbocycles. The fourth-order valence-electron chi connectivity index (χ4n) is 3.12. The number of carboxylic acids is 1. The lowest BCUT2D eigenvalue weighted by Gasteiger charge is -2.16. The lowest BCUT2D eigenvalue weighted by Crippen LogP contribution is -2.40. The van der Waals surface area contributed by atoms with Crippen LogP contribution in [0.4, 0.5) is 4.79 Å². The summed E-state index contributed by atoms with van der Waals surface area (Å²) >= 11 is 0. The average molecular weight is 341 g/mol. The van der Waals surface area contributed by atoms with Crippen LogP contribution in [0.1, 0.15) is 37.8 Å². The van der Waals surface area contributed by atoms with Gasteiger partial charge in [-0.2, -0.15) is 0 Å². The van der Waals surface area contributed by atoms with Gasteiger partial charge in [-0.3, -0.25) is 0 Å². The van der Waals surface area contributed by atoms with Crippen molar-refractivity contribution in [2.45, 2.75) is 32.7 Å². The molecule has 132 valence electrons. The smallest absolute Gasteiger partial charge is 0.407 e. The van der Waals surface area contributed by atoms with E-state index in [2.05, 4.69) is 17.4 Å². The van der Waals surface area contributed by atoms with Crippen LogP contribution in [0.15, 0.2) is 48.5 Å². The van der Waals surface area contributed by atoms with Crippen molar-refractivity contribution < 1.29 is 19.4 Å². The summed E-state index contributed by atoms with van der Waals surface area (Å²) in [5.74, 6) is -1.10. The number of hydrogen-bond acceptors (Lipinski definition) is 3. The van der Waals surface area contributed by atoms with Gasteiger partial charge in [0.15, 0.2) is 0 Å². The van der Waals surface area contributed by atoms with E-state index in [1.54, 1.807) is 6.92 Å². The molecular weight excluding hydrogens is 318 g/mol. The Balaban J connectivity index is 0.00000225. The molecule has 1 amide bonds. The lowest BCUT2D eigenvalue weighted by atomic mass is 9.98. The summed E-state index contributed by atoms with van der Waals surface area (Å²) in [6, 6.07) is 15.2. The Labute approximate surface area is 147 Å². The largest absolute Gasteiger partial charge is 0.480 e. The number of nitrogens with one attached hydrogen (secondary N) is 1. The highest BCUT2D eigenvalue weighted by Crippen LogP contribution is 2.44. The predicted octanol–water partition coefficient (Wildman–Crippen LogP) is 4.02. The van der Waals surface area contributed by atoms with Crippen LogP contribution in [0, 0.1) is 0 Å². The van der Waals surface area contributed by atoms with Crippen molar-refractivity contribution in [3.63, 3.8) is 0 Å². The standard InChI is InChI=1S/C19H19NO4.CH4/c1-2-17(18(21)22)20-19(23)24-11-16-14-9-5-3-7-12(14)13-8-4-6-10-15(13)16;/h3-10,16-17H,2,11H2,1H3,(H,20,23)(H,21,22);1H4/t17-;/m0./s1. The Morgan fingerprint density at radius 3 is 2.08 bits per heavy atom. The van der Waals surface area contributed by atoms with Crippen molar-refractivity contribution in [3.8, 4) is 11.1 Å². The van der Waals surface area contributed by atoms with Gasteiger partial charge in [0.1, 0.15) is 12.6 Å². The molecule has 0 radical (unpaired) electrons. The minimum absolute atomic E-state index is 0. The van der Waals surface area contributed by atoms with Gasteiger partial charge in [0, 0.05) is 5.92 Å². The van der Waals surface area contributed by atoms with Crippen molar-refractivity contribution >= 4 is 12.1 Å². The first kappa shape index (κ1) is 18.5. The van der Waals surface area contributed by atoms with Crippen LogP contribution in [-0.2, 0) is 9.53 Å². The summed E-state index contributed by atoms with van der Waals surface area (Å²) in [5.41, 5.74) is 4.55. The minimum Gasteiger partial charge on any atom is -0.480 e. The second kappa shape index (κ2) is 7.83. The Morgan fingerprint density at radius 2 is 1.60 bits per heavy atom. The molecule has 0 spiro atoms. The zero-order chi connectivity index (χ0) is 17.1. The number of amides is 1. The third kappa shape index (κ3) is 3.65. The van der Waals surface area contributed by atoms with E-state index < -0.39 is 18.1 Å². The zero-order valence-electron chi connectivity index (χ0n) is 13.4. The van der Waals surface area contributed by atoms with E-state index in [1.807, 2.05) is 36.4 Å². The van der Waals surface area contributed by atoms with Crippen molar-refractivity contribution in [1.82, 2.24) is 5.32 Å². The summed E-state index contributed by atoms with van der Waals surface area (Å²) < 4.78 is 5.31. The van der Waals surface area contributed by atoms with Crippen LogP contribution in [0.5, 0.6) is 0 Å². The first-order valence-corrected chi connectivity index (χ1v) is 7.96. The molecule has 3 rings (SSSR count). The highest BCUT2D eigenvalue weighted by molar-refractivity contribution is 5.81. The molecule has 0 aromatic heterocycles. The van der Waals surface area contributed by atoms with Gasteiger partial charge in [-0.1, -0.05) is 62.9 Å². The zero-order valence-corrected chi connectivity index (χ0v) is 13.4. The quantitative estimate of drug-likeness (QED) is 0.861. The third-order valence-electron chi connectivity index (χ3n) is 4.34. The van der Waals surface area contributed by atoms with E-state index in [1.165, 1.54) is 0 Å². The second-order valence-electron chi connectivity index (χ2n) is 5.77. The minimum atomic E-state index is -1.06. The Kier molecular flexibility index (Phi) is 5.80. The Bertz CT molecular complexity index is 726. The van der Waals surface area contributed by atoms with Gasteiger partial charge >= 0.3 is 12.1 Å². The van der Waals surface area contributed by atoms with E-state index >= 15 is 0 Å². The molecule has 1 aliphatic rings. The second-order valence-corrected chi connectivity index (χ2v) is 5.77. The Morgan fingerprint density at radius 1 is 1.08 bits per heavy atom. The molecule has 25 heavy (non-hydrogen) atoms. The molecule has 0 fully saturated rings. The number of hydrogen-bond donors (Lipinski definition) is 2. The van der Waals surface area contributed by atoms with Crippen LogP contribution in [0.25, 0.3) is 11.1 Å². The van der Waals surface area contributed by atoms with Crippen LogP contribution in [-0.4, -0.2) is 29.8 Å². The van der Waals surface area contributed by atoms with E-state index in [-0.39, 0.29) is 20.0 Å². The molecule has 5 nitrogen and oxygen atoms in total. The van der Waals surface area contributed by atoms with Crippen molar-refractivity contribution in [1.29, 1.82) is 0 Å². The molecule has 1 atom stereocenters. The number of ether oxygens (including phenoxy) is 1. The van der Waals surface area contributed by atoms with E-state index in [0.717, 1.165) is 22.3 Å². The van der Waals surface area contributed by atoms with E-state index in [0.29, 0.717) is 6.42 Å². The van der Waals surface area contributed by atoms with Crippen molar-refractivity contribution in [2.75, 3.05) is 6.61 Å². The van der Waals surface area contributed by atoms with Crippen LogP contribution >= 0.6 is 0 Å². The highest BCUT2D eigenvalue weighted by atomic mass is 16.5. The molecule has 2 aromatic rings. The van der Waals surface area contributed by atoms with Crippen molar-refractivity contribution in [2.24, 2.45) is 0 Å². The lowest BCUT2D eigenvalue weighted by molar-refractivity contribution is -0.139. The van der Waals surface area contributed by atoms with Crippen LogP contribution in [0.2, 0.25) is 0 Å². The van der Waals surface area contributed by atoms with Crippen LogP contribution < -0.4 is 5.32 Å². The molecule has 1 aliphatic carbocycles. The van der Waals surface area contributed by atoms with E-state index in [9.17, 15) is 9.59 Å². The maximum absolute atomic E-state index is 11.9. The molecule has 0 heterocycles. The SMILES string of the molecule is C.CC[C@H](NC(=O)OCC1c2ccccc2-c2ccccc21)C(=O)O. The molecule has 0 saturated carbocycles. The molecule has 0 bridgehead atoms. The van der Waals surface area contributed by atoms with Crippen LogP contribution in [0.3, 0.4) is 0 Å². The van der Waals surface area contributed by atoms with Crippen molar-refractivity contribution in [3.05, 3.63) is 59.7 Å². The maximum Gasteiger partial charge on any atom is 0.407 e. The first-order chi connectivity index (χ1) is 11.6.